The van der Waals surface area contributed by atoms with Gasteiger partial charge in [0.25, 0.3) is 11.8 Å². The van der Waals surface area contributed by atoms with Crippen LogP contribution >= 0.6 is 0 Å². The standard InChI is InChI=1S/C23H24F3N5O3/c1-22(2,34)8-7-14-12-31-13-17(15(11-19(31)27-14)21(33)30-9-4-10-30)29-20(32)16-5-3-6-18(28-16)23(24,25)26/h3,5-6,11-13,34H,4,7-10H2,1-2H3,(H,29,32). The van der Waals surface area contributed by atoms with Gasteiger partial charge in [-0.15, -0.1) is 0 Å². The van der Waals surface area contributed by atoms with Crippen molar-refractivity contribution < 1.29 is 27.9 Å². The fourth-order valence-electron chi connectivity index (χ4n) is 3.51. The number of likely N-dealkylation sites (tertiary alicyclic amines) is 1. The fraction of sp³-hybridized carbons (Fsp3) is 0.391. The second-order valence-corrected chi connectivity index (χ2v) is 8.92. The van der Waals surface area contributed by atoms with Crippen LogP contribution in [0.2, 0.25) is 0 Å². The highest BCUT2D eigenvalue weighted by atomic mass is 19.4. The Hall–Kier alpha value is -3.47. The molecule has 2 amide bonds. The van der Waals surface area contributed by atoms with Crippen LogP contribution in [0.1, 0.15) is 58.9 Å². The number of aromatic nitrogens is 3. The summed E-state index contributed by atoms with van der Waals surface area (Å²) in [4.78, 5) is 35.3. The van der Waals surface area contributed by atoms with E-state index >= 15 is 0 Å². The van der Waals surface area contributed by atoms with Crippen LogP contribution in [-0.2, 0) is 12.6 Å². The SMILES string of the molecule is CC(C)(O)CCc1cn2cc(NC(=O)c3cccc(C(F)(F)F)n3)c(C(=O)N3CCC3)cc2n1. The van der Waals surface area contributed by atoms with Crippen molar-refractivity contribution in [1.82, 2.24) is 19.3 Å². The molecule has 1 aliphatic heterocycles. The Balaban J connectivity index is 1.68. The summed E-state index contributed by atoms with van der Waals surface area (Å²) in [5, 5.41) is 12.5. The first-order valence-corrected chi connectivity index (χ1v) is 10.8. The van der Waals surface area contributed by atoms with Gasteiger partial charge in [-0.3, -0.25) is 9.59 Å². The second-order valence-electron chi connectivity index (χ2n) is 8.92. The largest absolute Gasteiger partial charge is 0.433 e. The van der Waals surface area contributed by atoms with Gasteiger partial charge >= 0.3 is 6.18 Å². The van der Waals surface area contributed by atoms with Crippen LogP contribution in [0.15, 0.2) is 36.7 Å². The van der Waals surface area contributed by atoms with Crippen molar-refractivity contribution in [2.24, 2.45) is 0 Å². The zero-order valence-electron chi connectivity index (χ0n) is 18.7. The van der Waals surface area contributed by atoms with Crippen molar-refractivity contribution in [3.8, 4) is 0 Å². The Kier molecular flexibility index (Phi) is 6.07. The van der Waals surface area contributed by atoms with E-state index in [-0.39, 0.29) is 17.2 Å². The fourth-order valence-corrected chi connectivity index (χ4v) is 3.51. The minimum Gasteiger partial charge on any atom is -0.390 e. The Labute approximate surface area is 193 Å². The number of hydrogen-bond donors (Lipinski definition) is 2. The lowest BCUT2D eigenvalue weighted by Gasteiger charge is -2.31. The maximum Gasteiger partial charge on any atom is 0.433 e. The Morgan fingerprint density at radius 3 is 2.50 bits per heavy atom. The van der Waals surface area contributed by atoms with Gasteiger partial charge in [-0.05, 0) is 51.3 Å². The third-order valence-electron chi connectivity index (χ3n) is 5.53. The first kappa shape index (κ1) is 23.7. The van der Waals surface area contributed by atoms with Gasteiger partial charge in [-0.25, -0.2) is 9.97 Å². The molecule has 8 nitrogen and oxygen atoms in total. The molecule has 4 rings (SSSR count). The molecule has 3 aromatic heterocycles. The maximum atomic E-state index is 13.0. The molecule has 0 atom stereocenters. The molecule has 1 aliphatic rings. The third-order valence-corrected chi connectivity index (χ3v) is 5.53. The van der Waals surface area contributed by atoms with Crippen molar-refractivity contribution in [3.63, 3.8) is 0 Å². The molecule has 0 spiro atoms. The molecule has 0 aromatic carbocycles. The summed E-state index contributed by atoms with van der Waals surface area (Å²) in [5.41, 5.74) is -0.984. The molecule has 0 saturated carbocycles. The number of aryl methyl sites for hydroxylation is 1. The number of carbonyl (C=O) groups is 2. The summed E-state index contributed by atoms with van der Waals surface area (Å²) in [7, 11) is 0. The molecular formula is C23H24F3N5O3. The number of pyridine rings is 2. The maximum absolute atomic E-state index is 13.0. The molecule has 3 aromatic rings. The van der Waals surface area contributed by atoms with Crippen molar-refractivity contribution in [2.45, 2.75) is 44.9 Å². The molecule has 0 aliphatic carbocycles. The van der Waals surface area contributed by atoms with Gasteiger partial charge in [-0.1, -0.05) is 6.07 Å². The predicted molar refractivity (Wildman–Crippen MR) is 118 cm³/mol. The number of anilines is 1. The molecule has 4 heterocycles. The van der Waals surface area contributed by atoms with Gasteiger partial charge in [0.15, 0.2) is 0 Å². The van der Waals surface area contributed by atoms with Crippen LogP contribution in [-0.4, -0.2) is 54.9 Å². The first-order chi connectivity index (χ1) is 15.9. The number of imidazole rings is 1. The number of nitrogens with zero attached hydrogens (tertiary/aromatic N) is 4. The van der Waals surface area contributed by atoms with Gasteiger partial charge in [-0.2, -0.15) is 13.2 Å². The Morgan fingerprint density at radius 1 is 1.15 bits per heavy atom. The molecule has 2 N–H and O–H groups in total. The van der Waals surface area contributed by atoms with Crippen LogP contribution < -0.4 is 5.32 Å². The minimum absolute atomic E-state index is 0.139. The number of aliphatic hydroxyl groups is 1. The molecular weight excluding hydrogens is 451 g/mol. The number of hydrogen-bond acceptors (Lipinski definition) is 5. The van der Waals surface area contributed by atoms with E-state index in [1.807, 2.05) is 0 Å². The molecule has 0 radical (unpaired) electrons. The van der Waals surface area contributed by atoms with E-state index in [9.17, 15) is 27.9 Å². The molecule has 0 unspecified atom stereocenters. The highest BCUT2D eigenvalue weighted by Crippen LogP contribution is 2.28. The monoisotopic (exact) mass is 475 g/mol. The second kappa shape index (κ2) is 8.71. The van der Waals surface area contributed by atoms with E-state index in [1.165, 1.54) is 12.3 Å². The van der Waals surface area contributed by atoms with E-state index in [2.05, 4.69) is 15.3 Å². The van der Waals surface area contributed by atoms with Crippen molar-refractivity contribution in [2.75, 3.05) is 18.4 Å². The van der Waals surface area contributed by atoms with Crippen LogP contribution in [0.4, 0.5) is 18.9 Å². The van der Waals surface area contributed by atoms with Crippen LogP contribution in [0, 0.1) is 0 Å². The van der Waals surface area contributed by atoms with Gasteiger partial charge in [0, 0.05) is 25.5 Å². The van der Waals surface area contributed by atoms with Gasteiger partial charge in [0.1, 0.15) is 17.0 Å². The van der Waals surface area contributed by atoms with Gasteiger partial charge in [0.2, 0.25) is 0 Å². The highest BCUT2D eigenvalue weighted by molar-refractivity contribution is 6.08. The number of nitrogens with one attached hydrogen (secondary N) is 1. The lowest BCUT2D eigenvalue weighted by molar-refractivity contribution is -0.141. The number of rotatable bonds is 6. The number of halogens is 3. The first-order valence-electron chi connectivity index (χ1n) is 10.8. The zero-order valence-corrected chi connectivity index (χ0v) is 18.7. The van der Waals surface area contributed by atoms with E-state index in [0.29, 0.717) is 37.3 Å². The molecule has 34 heavy (non-hydrogen) atoms. The Bertz CT molecular complexity index is 1240. The number of fused-ring (bicyclic) bond motifs is 1. The molecule has 0 bridgehead atoms. The van der Waals surface area contributed by atoms with Crippen LogP contribution in [0.25, 0.3) is 5.65 Å². The minimum atomic E-state index is -4.69. The van der Waals surface area contributed by atoms with E-state index < -0.39 is 29.1 Å². The van der Waals surface area contributed by atoms with Gasteiger partial charge < -0.3 is 19.7 Å². The van der Waals surface area contributed by atoms with Crippen molar-refractivity contribution in [1.29, 1.82) is 0 Å². The molecule has 1 saturated heterocycles. The van der Waals surface area contributed by atoms with E-state index in [0.717, 1.165) is 18.6 Å². The Morgan fingerprint density at radius 2 is 1.88 bits per heavy atom. The lowest BCUT2D eigenvalue weighted by atomic mass is 10.0. The number of carbonyl (C=O) groups excluding carboxylic acids is 2. The summed E-state index contributed by atoms with van der Waals surface area (Å²) >= 11 is 0. The third kappa shape index (κ3) is 5.19. The van der Waals surface area contributed by atoms with Crippen molar-refractivity contribution >= 4 is 23.1 Å². The average molecular weight is 475 g/mol. The summed E-state index contributed by atoms with van der Waals surface area (Å²) in [5.74, 6) is -1.17. The lowest BCUT2D eigenvalue weighted by Crippen LogP contribution is -2.42. The number of alkyl halides is 3. The molecule has 180 valence electrons. The van der Waals surface area contributed by atoms with Crippen LogP contribution in [0.5, 0.6) is 0 Å². The smallest absolute Gasteiger partial charge is 0.390 e. The summed E-state index contributed by atoms with van der Waals surface area (Å²) in [6, 6.07) is 4.60. The predicted octanol–water partition coefficient (Wildman–Crippen LogP) is 3.55. The van der Waals surface area contributed by atoms with Crippen LogP contribution in [0.3, 0.4) is 0 Å². The molecule has 1 fully saturated rings. The topological polar surface area (TPSA) is 99.8 Å². The van der Waals surface area contributed by atoms with Gasteiger partial charge in [0.05, 0.1) is 22.5 Å². The highest BCUT2D eigenvalue weighted by Gasteiger charge is 2.33. The van der Waals surface area contributed by atoms with E-state index in [1.54, 1.807) is 35.4 Å². The number of amides is 2. The zero-order chi connectivity index (χ0) is 24.7. The quantitative estimate of drug-likeness (QED) is 0.568. The summed E-state index contributed by atoms with van der Waals surface area (Å²) in [6.45, 7) is 4.56. The van der Waals surface area contributed by atoms with Crippen molar-refractivity contribution in [3.05, 3.63) is 59.3 Å². The summed E-state index contributed by atoms with van der Waals surface area (Å²) < 4.78 is 40.6. The normalized spacial score (nSPS) is 14.2. The molecule has 11 heteroatoms. The average Bonchev–Trinajstić information content (AvgIpc) is 3.11. The van der Waals surface area contributed by atoms with E-state index in [4.69, 9.17) is 0 Å². The summed E-state index contributed by atoms with van der Waals surface area (Å²) in [6.07, 6.45) is 0.377.